The standard InChI is InChI=1S/C19H37OSi/c1-21(2)20-18-14-9-7-5-3-4-6-8-11-15-19-16-12-10-13-17-19/h14,18-19H,3-13,15-17H2,1-2H3/b18-14+. The summed E-state index contributed by atoms with van der Waals surface area (Å²) in [7, 11) is -0.539. The average Bonchev–Trinajstić information content (AvgIpc) is 2.49. The van der Waals surface area contributed by atoms with Crippen LogP contribution >= 0.6 is 0 Å². The number of allylic oxidation sites excluding steroid dienone is 1. The second kappa shape index (κ2) is 13.4. The zero-order valence-electron chi connectivity index (χ0n) is 14.5. The predicted molar refractivity (Wildman–Crippen MR) is 95.8 cm³/mol. The van der Waals surface area contributed by atoms with Crippen LogP contribution in [0.25, 0.3) is 0 Å². The van der Waals surface area contributed by atoms with Crippen LogP contribution in [0.15, 0.2) is 12.3 Å². The third-order valence-electron chi connectivity index (χ3n) is 4.61. The van der Waals surface area contributed by atoms with Gasteiger partial charge in [-0.1, -0.05) is 83.1 Å². The Bertz CT molecular complexity index is 244. The van der Waals surface area contributed by atoms with E-state index in [1.165, 1.54) is 89.9 Å². The van der Waals surface area contributed by atoms with Crippen LogP contribution in [-0.4, -0.2) is 9.04 Å². The van der Waals surface area contributed by atoms with Crippen molar-refractivity contribution in [1.29, 1.82) is 0 Å². The van der Waals surface area contributed by atoms with Gasteiger partial charge in [0.05, 0.1) is 6.26 Å². The number of unbranched alkanes of at least 4 members (excludes halogenated alkanes) is 7. The zero-order chi connectivity index (χ0) is 15.2. The van der Waals surface area contributed by atoms with Gasteiger partial charge < -0.3 is 4.43 Å². The minimum Gasteiger partial charge on any atom is -0.548 e. The first-order valence-corrected chi connectivity index (χ1v) is 11.8. The second-order valence-electron chi connectivity index (χ2n) is 6.95. The predicted octanol–water partition coefficient (Wildman–Crippen LogP) is 6.86. The van der Waals surface area contributed by atoms with Gasteiger partial charge in [0.25, 0.3) is 9.04 Å². The van der Waals surface area contributed by atoms with Crippen LogP contribution in [0.2, 0.25) is 13.1 Å². The first-order chi connectivity index (χ1) is 10.3. The monoisotopic (exact) mass is 309 g/mol. The Morgan fingerprint density at radius 3 is 2.14 bits per heavy atom. The molecule has 0 N–H and O–H groups in total. The van der Waals surface area contributed by atoms with Gasteiger partial charge in [0.15, 0.2) is 0 Å². The van der Waals surface area contributed by atoms with Crippen LogP contribution in [0.4, 0.5) is 0 Å². The van der Waals surface area contributed by atoms with Gasteiger partial charge in [-0.15, -0.1) is 0 Å². The molecular formula is C19H37OSi. The maximum Gasteiger partial charge on any atom is 0.273 e. The minimum absolute atomic E-state index is 0.539. The maximum atomic E-state index is 5.49. The molecule has 1 aliphatic rings. The van der Waals surface area contributed by atoms with E-state index in [1.807, 2.05) is 6.26 Å². The van der Waals surface area contributed by atoms with E-state index in [0.717, 1.165) is 5.92 Å². The fraction of sp³-hybridized carbons (Fsp3) is 0.895. The van der Waals surface area contributed by atoms with Crippen molar-refractivity contribution in [3.8, 4) is 0 Å². The molecule has 0 aromatic heterocycles. The smallest absolute Gasteiger partial charge is 0.273 e. The van der Waals surface area contributed by atoms with Gasteiger partial charge in [0.2, 0.25) is 0 Å². The first kappa shape index (κ1) is 18.8. The summed E-state index contributed by atoms with van der Waals surface area (Å²) >= 11 is 0. The lowest BCUT2D eigenvalue weighted by molar-refractivity contribution is 0.328. The summed E-state index contributed by atoms with van der Waals surface area (Å²) in [5.74, 6) is 1.08. The molecule has 1 radical (unpaired) electrons. The molecule has 0 aromatic carbocycles. The van der Waals surface area contributed by atoms with Crippen molar-refractivity contribution in [2.24, 2.45) is 5.92 Å². The molecule has 0 bridgehead atoms. The Balaban J connectivity index is 1.75. The molecule has 0 saturated heterocycles. The van der Waals surface area contributed by atoms with Crippen molar-refractivity contribution in [2.45, 2.75) is 103 Å². The SMILES string of the molecule is C[Si](C)O/C=C/CCCCCCCCCC1CCCCC1. The van der Waals surface area contributed by atoms with Crippen LogP contribution in [-0.2, 0) is 4.43 Å². The Hall–Kier alpha value is -0.243. The Morgan fingerprint density at radius 1 is 0.857 bits per heavy atom. The van der Waals surface area contributed by atoms with Gasteiger partial charge in [0.1, 0.15) is 0 Å². The molecule has 1 aliphatic carbocycles. The summed E-state index contributed by atoms with van der Waals surface area (Å²) in [5, 5.41) is 0. The van der Waals surface area contributed by atoms with E-state index in [2.05, 4.69) is 19.2 Å². The lowest BCUT2D eigenvalue weighted by Crippen LogP contribution is -2.05. The summed E-state index contributed by atoms with van der Waals surface area (Å²) in [6.45, 7) is 4.34. The van der Waals surface area contributed by atoms with E-state index in [4.69, 9.17) is 4.43 Å². The normalized spacial score (nSPS) is 16.9. The van der Waals surface area contributed by atoms with Gasteiger partial charge in [-0.2, -0.15) is 0 Å². The molecule has 0 aromatic rings. The van der Waals surface area contributed by atoms with E-state index >= 15 is 0 Å². The largest absolute Gasteiger partial charge is 0.548 e. The summed E-state index contributed by atoms with van der Waals surface area (Å²) < 4.78 is 5.49. The van der Waals surface area contributed by atoms with Gasteiger partial charge in [0, 0.05) is 0 Å². The molecule has 0 spiro atoms. The quantitative estimate of drug-likeness (QED) is 0.217. The highest BCUT2D eigenvalue weighted by Gasteiger charge is 2.12. The van der Waals surface area contributed by atoms with Crippen LogP contribution in [0.3, 0.4) is 0 Å². The molecule has 1 nitrogen and oxygen atoms in total. The van der Waals surface area contributed by atoms with Crippen molar-refractivity contribution in [2.75, 3.05) is 0 Å². The highest BCUT2D eigenvalue weighted by Crippen LogP contribution is 2.28. The molecule has 0 amide bonds. The number of rotatable bonds is 12. The molecule has 0 unspecified atom stereocenters. The van der Waals surface area contributed by atoms with Crippen molar-refractivity contribution in [1.82, 2.24) is 0 Å². The van der Waals surface area contributed by atoms with Gasteiger partial charge in [-0.3, -0.25) is 0 Å². The summed E-state index contributed by atoms with van der Waals surface area (Å²) in [6.07, 6.45) is 24.4. The number of hydrogen-bond acceptors (Lipinski definition) is 1. The molecule has 1 fully saturated rings. The van der Waals surface area contributed by atoms with Gasteiger partial charge in [-0.05, 0) is 31.9 Å². The van der Waals surface area contributed by atoms with Gasteiger partial charge >= 0.3 is 0 Å². The molecule has 0 heterocycles. The first-order valence-electron chi connectivity index (χ1n) is 9.41. The minimum atomic E-state index is -0.539. The average molecular weight is 310 g/mol. The van der Waals surface area contributed by atoms with Crippen molar-refractivity contribution >= 4 is 9.04 Å². The fourth-order valence-corrected chi connectivity index (χ4v) is 3.68. The molecule has 123 valence electrons. The molecule has 0 atom stereocenters. The van der Waals surface area contributed by atoms with Crippen LogP contribution in [0, 0.1) is 5.92 Å². The maximum absolute atomic E-state index is 5.49. The summed E-state index contributed by atoms with van der Waals surface area (Å²) in [4.78, 5) is 0. The van der Waals surface area contributed by atoms with E-state index in [-0.39, 0.29) is 0 Å². The summed E-state index contributed by atoms with van der Waals surface area (Å²) in [6, 6.07) is 0. The summed E-state index contributed by atoms with van der Waals surface area (Å²) in [5.41, 5.74) is 0. The van der Waals surface area contributed by atoms with Crippen LogP contribution < -0.4 is 0 Å². The Labute approximate surface area is 135 Å². The highest BCUT2D eigenvalue weighted by atomic mass is 28.3. The topological polar surface area (TPSA) is 9.23 Å². The Morgan fingerprint density at radius 2 is 1.48 bits per heavy atom. The third kappa shape index (κ3) is 12.0. The zero-order valence-corrected chi connectivity index (χ0v) is 15.5. The van der Waals surface area contributed by atoms with Gasteiger partial charge in [-0.25, -0.2) is 0 Å². The molecule has 2 heteroatoms. The van der Waals surface area contributed by atoms with E-state index in [1.54, 1.807) is 0 Å². The second-order valence-corrected chi connectivity index (χ2v) is 9.01. The van der Waals surface area contributed by atoms with Crippen molar-refractivity contribution < 1.29 is 4.43 Å². The molecule has 21 heavy (non-hydrogen) atoms. The van der Waals surface area contributed by atoms with Crippen molar-refractivity contribution in [3.63, 3.8) is 0 Å². The van der Waals surface area contributed by atoms with Crippen molar-refractivity contribution in [3.05, 3.63) is 12.3 Å². The highest BCUT2D eigenvalue weighted by molar-refractivity contribution is 6.48. The molecule has 1 saturated carbocycles. The van der Waals surface area contributed by atoms with E-state index in [9.17, 15) is 0 Å². The molecular weight excluding hydrogens is 272 g/mol. The lowest BCUT2D eigenvalue weighted by Gasteiger charge is -2.21. The Kier molecular flexibility index (Phi) is 12.0. The fourth-order valence-electron chi connectivity index (χ4n) is 3.31. The number of hydrogen-bond donors (Lipinski definition) is 0. The van der Waals surface area contributed by atoms with Crippen LogP contribution in [0.1, 0.15) is 89.9 Å². The third-order valence-corrected chi connectivity index (χ3v) is 5.22. The van der Waals surface area contributed by atoms with E-state index in [0.29, 0.717) is 0 Å². The lowest BCUT2D eigenvalue weighted by atomic mass is 9.85. The van der Waals surface area contributed by atoms with Crippen LogP contribution in [0.5, 0.6) is 0 Å². The molecule has 1 rings (SSSR count). The van der Waals surface area contributed by atoms with E-state index < -0.39 is 9.04 Å². The molecule has 0 aliphatic heterocycles.